The second kappa shape index (κ2) is 7.00. The number of sulfonamides is 1. The van der Waals surface area contributed by atoms with Crippen molar-refractivity contribution in [1.82, 2.24) is 9.62 Å². The summed E-state index contributed by atoms with van der Waals surface area (Å²) in [5, 5.41) is 0. The minimum Gasteiger partial charge on any atom is -0.496 e. The van der Waals surface area contributed by atoms with Gasteiger partial charge in [0.15, 0.2) is 0 Å². The lowest BCUT2D eigenvalue weighted by Crippen LogP contribution is -2.45. The second-order valence-corrected chi connectivity index (χ2v) is 8.35. The quantitative estimate of drug-likeness (QED) is 0.866. The summed E-state index contributed by atoms with van der Waals surface area (Å²) in [6, 6.07) is 5.28. The van der Waals surface area contributed by atoms with Gasteiger partial charge in [-0.3, -0.25) is 4.90 Å². The molecule has 2 aliphatic rings. The summed E-state index contributed by atoms with van der Waals surface area (Å²) in [5.74, 6) is 0.723. The number of nitrogens with one attached hydrogen (secondary N) is 1. The minimum atomic E-state index is -3.53. The largest absolute Gasteiger partial charge is 0.496 e. The maximum absolute atomic E-state index is 12.7. The van der Waals surface area contributed by atoms with Crippen molar-refractivity contribution in [3.8, 4) is 5.75 Å². The van der Waals surface area contributed by atoms with E-state index in [4.69, 9.17) is 9.47 Å². The van der Waals surface area contributed by atoms with Gasteiger partial charge < -0.3 is 9.47 Å². The smallest absolute Gasteiger partial charge is 0.240 e. The molecule has 1 N–H and O–H groups in total. The van der Waals surface area contributed by atoms with E-state index in [1.165, 1.54) is 0 Å². The van der Waals surface area contributed by atoms with Crippen LogP contribution in [0.2, 0.25) is 0 Å². The molecule has 134 valence electrons. The molecule has 3 atom stereocenters. The van der Waals surface area contributed by atoms with Gasteiger partial charge in [0.25, 0.3) is 0 Å². The van der Waals surface area contributed by atoms with Crippen LogP contribution in [0.4, 0.5) is 0 Å². The molecular formula is C17H26N2O4S. The van der Waals surface area contributed by atoms with Crippen LogP contribution in [-0.2, 0) is 21.2 Å². The van der Waals surface area contributed by atoms with Crippen LogP contribution < -0.4 is 9.46 Å². The number of morpholine rings is 1. The molecule has 0 aromatic heterocycles. The molecule has 0 aliphatic carbocycles. The number of aryl methyl sites for hydroxylation is 1. The number of fused-ring (bicyclic) bond motifs is 1. The van der Waals surface area contributed by atoms with Crippen LogP contribution in [0.25, 0.3) is 0 Å². The van der Waals surface area contributed by atoms with Gasteiger partial charge in [-0.15, -0.1) is 0 Å². The summed E-state index contributed by atoms with van der Waals surface area (Å²) in [6.45, 7) is 6.33. The topological polar surface area (TPSA) is 67.9 Å². The van der Waals surface area contributed by atoms with Crippen LogP contribution in [0.1, 0.15) is 25.8 Å². The van der Waals surface area contributed by atoms with Gasteiger partial charge in [-0.05, 0) is 43.5 Å². The highest BCUT2D eigenvalue weighted by molar-refractivity contribution is 7.89. The van der Waals surface area contributed by atoms with Crippen molar-refractivity contribution in [2.75, 3.05) is 26.8 Å². The zero-order valence-corrected chi connectivity index (χ0v) is 15.3. The van der Waals surface area contributed by atoms with Gasteiger partial charge in [-0.2, -0.15) is 0 Å². The molecule has 6 nitrogen and oxygen atoms in total. The van der Waals surface area contributed by atoms with E-state index in [-0.39, 0.29) is 12.1 Å². The van der Waals surface area contributed by atoms with E-state index in [9.17, 15) is 8.42 Å². The predicted molar refractivity (Wildman–Crippen MR) is 91.9 cm³/mol. The Morgan fingerprint density at radius 1 is 1.38 bits per heavy atom. The monoisotopic (exact) mass is 354 g/mol. The van der Waals surface area contributed by atoms with Crippen molar-refractivity contribution >= 4 is 10.0 Å². The van der Waals surface area contributed by atoms with Crippen LogP contribution in [0.3, 0.4) is 0 Å². The highest BCUT2D eigenvalue weighted by Gasteiger charge is 2.37. The standard InChI is InChI=1S/C17H26N2O4S/c1-4-13-7-16(5-6-17(13)22-3)24(20,21)18-14-8-15-11-23-12(2)9-19(15)10-14/h5-7,12,14-15,18H,4,8-11H2,1-3H3/t12-,14+,15-/m0/s1. The minimum absolute atomic E-state index is 0.0684. The summed E-state index contributed by atoms with van der Waals surface area (Å²) in [7, 11) is -1.93. The molecule has 1 aromatic carbocycles. The highest BCUT2D eigenvalue weighted by atomic mass is 32.2. The van der Waals surface area contributed by atoms with E-state index in [2.05, 4.69) is 16.5 Å². The van der Waals surface area contributed by atoms with Gasteiger partial charge in [0.2, 0.25) is 10.0 Å². The highest BCUT2D eigenvalue weighted by Crippen LogP contribution is 2.26. The number of ether oxygens (including phenoxy) is 2. The molecule has 1 aromatic rings. The average Bonchev–Trinajstić information content (AvgIpc) is 2.94. The van der Waals surface area contributed by atoms with Gasteiger partial charge in [0.05, 0.1) is 24.7 Å². The Labute approximate surface area is 144 Å². The molecule has 3 rings (SSSR count). The molecule has 2 fully saturated rings. The fourth-order valence-electron chi connectivity index (χ4n) is 3.61. The third kappa shape index (κ3) is 3.59. The van der Waals surface area contributed by atoms with Crippen LogP contribution in [0.15, 0.2) is 23.1 Å². The molecule has 0 bridgehead atoms. The van der Waals surface area contributed by atoms with Gasteiger partial charge in [-0.25, -0.2) is 13.1 Å². The van der Waals surface area contributed by atoms with Crippen LogP contribution in [0, 0.1) is 0 Å². The van der Waals surface area contributed by atoms with Gasteiger partial charge in [0.1, 0.15) is 5.75 Å². The first-order chi connectivity index (χ1) is 11.4. The summed E-state index contributed by atoms with van der Waals surface area (Å²) < 4.78 is 39.3. The molecule has 2 heterocycles. The Morgan fingerprint density at radius 2 is 2.17 bits per heavy atom. The van der Waals surface area contributed by atoms with Crippen LogP contribution in [0.5, 0.6) is 5.75 Å². The fourth-order valence-corrected chi connectivity index (χ4v) is 4.90. The van der Waals surface area contributed by atoms with E-state index in [0.717, 1.165) is 37.2 Å². The van der Waals surface area contributed by atoms with Gasteiger partial charge >= 0.3 is 0 Å². The second-order valence-electron chi connectivity index (χ2n) is 6.63. The number of benzene rings is 1. The molecule has 0 unspecified atom stereocenters. The maximum atomic E-state index is 12.7. The number of rotatable bonds is 5. The summed E-state index contributed by atoms with van der Waals surface area (Å²) in [4.78, 5) is 2.63. The Morgan fingerprint density at radius 3 is 2.88 bits per heavy atom. The third-order valence-electron chi connectivity index (χ3n) is 4.86. The zero-order chi connectivity index (χ0) is 17.3. The molecule has 0 saturated carbocycles. The molecule has 0 radical (unpaired) electrons. The fraction of sp³-hybridized carbons (Fsp3) is 0.647. The first-order valence-electron chi connectivity index (χ1n) is 8.47. The molecule has 2 saturated heterocycles. The van der Waals surface area contributed by atoms with Crippen molar-refractivity contribution in [1.29, 1.82) is 0 Å². The Hall–Kier alpha value is -1.15. The predicted octanol–water partition coefficient (Wildman–Crippen LogP) is 1.40. The van der Waals surface area contributed by atoms with E-state index < -0.39 is 10.0 Å². The lowest BCUT2D eigenvalue weighted by molar-refractivity contribution is -0.0390. The molecule has 0 spiro atoms. The van der Waals surface area contributed by atoms with Crippen molar-refractivity contribution in [3.05, 3.63) is 23.8 Å². The first-order valence-corrected chi connectivity index (χ1v) is 9.96. The number of nitrogens with zero attached hydrogens (tertiary/aromatic N) is 1. The molecule has 24 heavy (non-hydrogen) atoms. The Kier molecular flexibility index (Phi) is 5.15. The normalized spacial score (nSPS) is 27.9. The average molecular weight is 354 g/mol. The summed E-state index contributed by atoms with van der Waals surface area (Å²) >= 11 is 0. The lowest BCUT2D eigenvalue weighted by atomic mass is 10.1. The van der Waals surface area contributed by atoms with Gasteiger partial charge in [-0.1, -0.05) is 6.92 Å². The van der Waals surface area contributed by atoms with E-state index in [1.807, 2.05) is 6.92 Å². The van der Waals surface area contributed by atoms with Crippen molar-refractivity contribution in [3.63, 3.8) is 0 Å². The van der Waals surface area contributed by atoms with E-state index in [0.29, 0.717) is 17.5 Å². The van der Waals surface area contributed by atoms with Crippen LogP contribution >= 0.6 is 0 Å². The van der Waals surface area contributed by atoms with Crippen LogP contribution in [-0.4, -0.2) is 58.3 Å². The van der Waals surface area contributed by atoms with E-state index >= 15 is 0 Å². The lowest BCUT2D eigenvalue weighted by Gasteiger charge is -2.33. The maximum Gasteiger partial charge on any atom is 0.240 e. The number of hydrogen-bond donors (Lipinski definition) is 1. The number of hydrogen-bond acceptors (Lipinski definition) is 5. The zero-order valence-electron chi connectivity index (χ0n) is 14.5. The van der Waals surface area contributed by atoms with Crippen molar-refractivity contribution < 1.29 is 17.9 Å². The molecule has 0 amide bonds. The van der Waals surface area contributed by atoms with Crippen molar-refractivity contribution in [2.45, 2.75) is 49.8 Å². The summed E-state index contributed by atoms with van der Waals surface area (Å²) in [6.07, 6.45) is 1.73. The third-order valence-corrected chi connectivity index (χ3v) is 6.38. The molecule has 7 heteroatoms. The van der Waals surface area contributed by atoms with Gasteiger partial charge in [0, 0.05) is 25.2 Å². The summed E-state index contributed by atoms with van der Waals surface area (Å²) in [5.41, 5.74) is 0.895. The van der Waals surface area contributed by atoms with E-state index in [1.54, 1.807) is 25.3 Å². The Bertz CT molecular complexity index is 692. The Balaban J connectivity index is 1.73. The SMILES string of the molecule is CCc1cc(S(=O)(=O)N[C@@H]2C[C@H]3CO[C@@H](C)CN3C2)ccc1OC. The molecule has 2 aliphatic heterocycles. The molecular weight excluding hydrogens is 328 g/mol. The first kappa shape index (κ1) is 17.7. The van der Waals surface area contributed by atoms with Crippen molar-refractivity contribution in [2.24, 2.45) is 0 Å². The number of methoxy groups -OCH3 is 1.